The maximum absolute atomic E-state index is 13.0. The van der Waals surface area contributed by atoms with Crippen molar-refractivity contribution in [2.24, 2.45) is 10.4 Å². The Morgan fingerprint density at radius 3 is 2.17 bits per heavy atom. The largest absolute Gasteiger partial charge is 0.365 e. The van der Waals surface area contributed by atoms with Crippen LogP contribution in [0.15, 0.2) is 27.5 Å². The van der Waals surface area contributed by atoms with Gasteiger partial charge >= 0.3 is 0 Å². The van der Waals surface area contributed by atoms with Crippen LogP contribution in [0.2, 0.25) is 0 Å². The molecule has 0 aliphatic heterocycles. The molecule has 4 heteroatoms. The molecule has 2 rings (SSSR count). The predicted octanol–water partition coefficient (Wildman–Crippen LogP) is 4.09. The molecule has 1 amide bonds. The zero-order chi connectivity index (χ0) is 18.1. The van der Waals surface area contributed by atoms with Crippen molar-refractivity contribution in [3.05, 3.63) is 22.5 Å². The summed E-state index contributed by atoms with van der Waals surface area (Å²) < 4.78 is 0. The lowest BCUT2D eigenvalue weighted by atomic mass is 9.95. The molecule has 24 heavy (non-hydrogen) atoms. The number of carbonyl (C=O) groups excluding carboxylic acids is 1. The molecule has 0 heterocycles. The maximum Gasteiger partial charge on any atom is 0.251 e. The fourth-order valence-corrected chi connectivity index (χ4v) is 3.01. The van der Waals surface area contributed by atoms with Gasteiger partial charge in [0.1, 0.15) is 5.82 Å². The van der Waals surface area contributed by atoms with E-state index in [1.165, 1.54) is 12.8 Å². The summed E-state index contributed by atoms with van der Waals surface area (Å²) in [4.78, 5) is 17.2. The van der Waals surface area contributed by atoms with Crippen molar-refractivity contribution in [1.29, 1.82) is 0 Å². The number of amides is 1. The van der Waals surface area contributed by atoms with Gasteiger partial charge in [0.15, 0.2) is 0 Å². The first kappa shape index (κ1) is 18.8. The van der Waals surface area contributed by atoms with Crippen LogP contribution in [-0.2, 0) is 4.79 Å². The number of carbonyl (C=O) groups is 1. The van der Waals surface area contributed by atoms with Crippen LogP contribution in [0.4, 0.5) is 0 Å². The van der Waals surface area contributed by atoms with Crippen molar-refractivity contribution < 1.29 is 4.79 Å². The number of nitrogens with zero attached hydrogens (tertiary/aromatic N) is 1. The molecule has 0 saturated heterocycles. The van der Waals surface area contributed by atoms with E-state index in [9.17, 15) is 4.79 Å². The molecule has 0 aromatic rings. The van der Waals surface area contributed by atoms with Crippen LogP contribution in [0.5, 0.6) is 0 Å². The number of hydrogen-bond donors (Lipinski definition) is 2. The van der Waals surface area contributed by atoms with Gasteiger partial charge in [0, 0.05) is 22.7 Å². The molecule has 2 aliphatic carbocycles. The van der Waals surface area contributed by atoms with E-state index in [2.05, 4.69) is 50.0 Å². The number of rotatable bonds is 8. The van der Waals surface area contributed by atoms with Crippen molar-refractivity contribution in [3.8, 4) is 0 Å². The average molecular weight is 332 g/mol. The zero-order valence-electron chi connectivity index (χ0n) is 16.2. The topological polar surface area (TPSA) is 53.5 Å². The van der Waals surface area contributed by atoms with Crippen LogP contribution in [0.3, 0.4) is 0 Å². The van der Waals surface area contributed by atoms with E-state index >= 15 is 0 Å². The van der Waals surface area contributed by atoms with Crippen molar-refractivity contribution in [2.75, 3.05) is 0 Å². The third kappa shape index (κ3) is 4.08. The van der Waals surface area contributed by atoms with Gasteiger partial charge in [-0.25, -0.2) is 4.99 Å². The first-order valence-corrected chi connectivity index (χ1v) is 9.12. The van der Waals surface area contributed by atoms with E-state index in [0.717, 1.165) is 41.8 Å². The SMILES string of the molecule is C=N/C(NC1(C)CC1)=C(\CC)C(C(=O)NC(C)C1(C)CC1)=C(C)C. The van der Waals surface area contributed by atoms with E-state index in [-0.39, 0.29) is 22.9 Å². The minimum Gasteiger partial charge on any atom is -0.365 e. The summed E-state index contributed by atoms with van der Waals surface area (Å²) in [6.07, 6.45) is 5.39. The van der Waals surface area contributed by atoms with E-state index in [0.29, 0.717) is 0 Å². The first-order valence-electron chi connectivity index (χ1n) is 9.12. The van der Waals surface area contributed by atoms with Gasteiger partial charge in [-0.3, -0.25) is 4.79 Å². The minimum atomic E-state index is 0.0105. The predicted molar refractivity (Wildman–Crippen MR) is 101 cm³/mol. The van der Waals surface area contributed by atoms with Gasteiger partial charge < -0.3 is 10.6 Å². The van der Waals surface area contributed by atoms with Crippen molar-refractivity contribution >= 4 is 12.6 Å². The Labute approximate surface area is 146 Å². The van der Waals surface area contributed by atoms with Crippen LogP contribution in [0.1, 0.15) is 73.6 Å². The molecule has 1 unspecified atom stereocenters. The molecule has 2 fully saturated rings. The normalized spacial score (nSPS) is 21.9. The summed E-state index contributed by atoms with van der Waals surface area (Å²) in [7, 11) is 0. The fourth-order valence-electron chi connectivity index (χ4n) is 3.01. The number of nitrogens with one attached hydrogen (secondary N) is 2. The van der Waals surface area contributed by atoms with Gasteiger partial charge in [0.2, 0.25) is 0 Å². The van der Waals surface area contributed by atoms with E-state index in [1.807, 2.05) is 13.8 Å². The van der Waals surface area contributed by atoms with Crippen LogP contribution in [-0.4, -0.2) is 24.2 Å². The lowest BCUT2D eigenvalue weighted by Gasteiger charge is -2.24. The average Bonchev–Trinajstić information content (AvgIpc) is 3.42. The highest BCUT2D eigenvalue weighted by Crippen LogP contribution is 2.48. The van der Waals surface area contributed by atoms with Gasteiger partial charge in [-0.1, -0.05) is 19.4 Å². The lowest BCUT2D eigenvalue weighted by Crippen LogP contribution is -2.40. The van der Waals surface area contributed by atoms with Gasteiger partial charge in [0.25, 0.3) is 5.91 Å². The lowest BCUT2D eigenvalue weighted by molar-refractivity contribution is -0.118. The van der Waals surface area contributed by atoms with Crippen LogP contribution < -0.4 is 10.6 Å². The molecule has 0 bridgehead atoms. The Balaban J connectivity index is 2.28. The summed E-state index contributed by atoms with van der Waals surface area (Å²) in [5.74, 6) is 0.769. The highest BCUT2D eigenvalue weighted by Gasteiger charge is 2.43. The van der Waals surface area contributed by atoms with Gasteiger partial charge in [-0.05, 0) is 71.9 Å². The standard InChI is InChI=1S/C20H33N3O/c1-8-15(17(21-7)23-20(6)11-12-20)16(13(2)3)18(24)22-14(4)19(5)9-10-19/h14,23H,7-12H2,1-6H3,(H,22,24)/b17-15-. The summed E-state index contributed by atoms with van der Waals surface area (Å²) in [5, 5.41) is 6.71. The molecular formula is C20H33N3O. The van der Waals surface area contributed by atoms with Crippen molar-refractivity contribution in [3.63, 3.8) is 0 Å². The molecule has 0 radical (unpaired) electrons. The maximum atomic E-state index is 13.0. The monoisotopic (exact) mass is 331 g/mol. The Morgan fingerprint density at radius 1 is 1.21 bits per heavy atom. The third-order valence-electron chi connectivity index (χ3n) is 5.68. The van der Waals surface area contributed by atoms with Crippen molar-refractivity contribution in [2.45, 2.75) is 85.2 Å². The van der Waals surface area contributed by atoms with Gasteiger partial charge in [-0.2, -0.15) is 0 Å². The van der Waals surface area contributed by atoms with Crippen LogP contribution in [0.25, 0.3) is 0 Å². The second kappa shape index (κ2) is 6.73. The van der Waals surface area contributed by atoms with Gasteiger partial charge in [-0.15, -0.1) is 0 Å². The first-order chi connectivity index (χ1) is 11.2. The molecule has 0 spiro atoms. The number of aliphatic imine (C=N–C) groups is 1. The molecule has 2 N–H and O–H groups in total. The van der Waals surface area contributed by atoms with E-state index < -0.39 is 0 Å². The quantitative estimate of drug-likeness (QED) is 0.400. The Morgan fingerprint density at radius 2 is 1.79 bits per heavy atom. The van der Waals surface area contributed by atoms with Crippen LogP contribution in [0, 0.1) is 5.41 Å². The molecular weight excluding hydrogens is 298 g/mol. The van der Waals surface area contributed by atoms with Gasteiger partial charge in [0.05, 0.1) is 0 Å². The summed E-state index contributed by atoms with van der Waals surface area (Å²) in [6.45, 7) is 16.3. The Hall–Kier alpha value is -1.58. The Kier molecular flexibility index (Phi) is 5.26. The fraction of sp³-hybridized carbons (Fsp3) is 0.700. The van der Waals surface area contributed by atoms with E-state index in [1.54, 1.807) is 0 Å². The second-order valence-electron chi connectivity index (χ2n) is 8.25. The Bertz CT molecular complexity index is 588. The third-order valence-corrected chi connectivity index (χ3v) is 5.68. The molecule has 134 valence electrons. The summed E-state index contributed by atoms with van der Waals surface area (Å²) in [6, 6.07) is 0.187. The molecule has 1 atom stereocenters. The molecule has 0 aromatic heterocycles. The van der Waals surface area contributed by atoms with Crippen LogP contribution >= 0.6 is 0 Å². The molecule has 0 aromatic carbocycles. The second-order valence-corrected chi connectivity index (χ2v) is 8.25. The van der Waals surface area contributed by atoms with E-state index in [4.69, 9.17) is 0 Å². The zero-order valence-corrected chi connectivity index (χ0v) is 16.2. The number of allylic oxidation sites excluding steroid dienone is 1. The highest BCUT2D eigenvalue weighted by molar-refractivity contribution is 5.98. The highest BCUT2D eigenvalue weighted by atomic mass is 16.1. The summed E-state index contributed by atoms with van der Waals surface area (Å²) >= 11 is 0. The number of hydrogen-bond acceptors (Lipinski definition) is 3. The molecule has 2 aliphatic rings. The summed E-state index contributed by atoms with van der Waals surface area (Å²) in [5.41, 5.74) is 3.10. The smallest absolute Gasteiger partial charge is 0.251 e. The molecule has 4 nitrogen and oxygen atoms in total. The minimum absolute atomic E-state index is 0.0105. The molecule has 2 saturated carbocycles. The van der Waals surface area contributed by atoms with Crippen molar-refractivity contribution in [1.82, 2.24) is 10.6 Å².